The van der Waals surface area contributed by atoms with E-state index in [1.165, 1.54) is 0 Å². The normalized spacial score (nSPS) is 18.9. The molecular weight excluding hydrogens is 248 g/mol. The largest absolute Gasteiger partial charge is 0.383 e. The topological polar surface area (TPSA) is 102 Å². The van der Waals surface area contributed by atoms with Crippen molar-refractivity contribution in [3.8, 4) is 0 Å². The van der Waals surface area contributed by atoms with Crippen LogP contribution in [0.3, 0.4) is 0 Å². The molecule has 0 aromatic heterocycles. The Balaban J connectivity index is 2.43. The van der Waals surface area contributed by atoms with E-state index in [-0.39, 0.29) is 12.3 Å². The van der Waals surface area contributed by atoms with E-state index >= 15 is 0 Å². The number of carbonyl (C=O) groups excluding carboxylic acids is 2. The molecule has 0 saturated carbocycles. The van der Waals surface area contributed by atoms with Gasteiger partial charge in [0.15, 0.2) is 0 Å². The van der Waals surface area contributed by atoms with E-state index in [9.17, 15) is 9.59 Å². The lowest BCUT2D eigenvalue weighted by atomic mass is 10.2. The molecule has 0 spiro atoms. The van der Waals surface area contributed by atoms with Crippen LogP contribution in [0.15, 0.2) is 0 Å². The van der Waals surface area contributed by atoms with E-state index in [2.05, 4.69) is 4.90 Å². The number of nitrogens with two attached hydrogens (primary N) is 2. The Kier molecular flexibility index (Phi) is 6.75. The van der Waals surface area contributed by atoms with Crippen molar-refractivity contribution in [2.45, 2.75) is 18.9 Å². The summed E-state index contributed by atoms with van der Waals surface area (Å²) < 4.78 is 5.05. The number of amides is 2. The van der Waals surface area contributed by atoms with Gasteiger partial charge >= 0.3 is 0 Å². The van der Waals surface area contributed by atoms with Gasteiger partial charge in [-0.25, -0.2) is 0 Å². The first kappa shape index (κ1) is 15.9. The molecule has 1 heterocycles. The summed E-state index contributed by atoms with van der Waals surface area (Å²) in [6, 6.07) is -0.817. The molecule has 1 saturated heterocycles. The van der Waals surface area contributed by atoms with Gasteiger partial charge in [-0.05, 0) is 13.0 Å². The summed E-state index contributed by atoms with van der Waals surface area (Å²) in [7, 11) is 1.68. The Labute approximate surface area is 113 Å². The molecule has 110 valence electrons. The van der Waals surface area contributed by atoms with Crippen LogP contribution in [-0.4, -0.2) is 74.1 Å². The van der Waals surface area contributed by atoms with Crippen molar-refractivity contribution >= 4 is 11.8 Å². The van der Waals surface area contributed by atoms with Gasteiger partial charge in [-0.15, -0.1) is 0 Å². The van der Waals surface area contributed by atoms with Crippen LogP contribution in [0.25, 0.3) is 0 Å². The Morgan fingerprint density at radius 2 is 2.00 bits per heavy atom. The molecule has 7 nitrogen and oxygen atoms in total. The van der Waals surface area contributed by atoms with E-state index in [4.69, 9.17) is 16.2 Å². The molecule has 0 aromatic carbocycles. The van der Waals surface area contributed by atoms with Crippen LogP contribution >= 0.6 is 0 Å². The number of carbonyl (C=O) groups is 2. The lowest BCUT2D eigenvalue weighted by Crippen LogP contribution is -2.46. The van der Waals surface area contributed by atoms with Crippen molar-refractivity contribution in [1.29, 1.82) is 0 Å². The molecule has 19 heavy (non-hydrogen) atoms. The van der Waals surface area contributed by atoms with Crippen LogP contribution in [0.4, 0.5) is 0 Å². The van der Waals surface area contributed by atoms with Crippen LogP contribution < -0.4 is 11.5 Å². The maximum Gasteiger partial charge on any atom is 0.240 e. The van der Waals surface area contributed by atoms with Gasteiger partial charge in [0.1, 0.15) is 0 Å². The molecule has 0 radical (unpaired) electrons. The fourth-order valence-electron chi connectivity index (χ4n) is 2.17. The van der Waals surface area contributed by atoms with Gasteiger partial charge in [0.05, 0.1) is 19.1 Å². The highest BCUT2D eigenvalue weighted by Crippen LogP contribution is 2.05. The minimum atomic E-state index is -0.817. The summed E-state index contributed by atoms with van der Waals surface area (Å²) in [6.45, 7) is 4.61. The minimum absolute atomic E-state index is 0.0945. The fourth-order valence-corrected chi connectivity index (χ4v) is 2.17. The van der Waals surface area contributed by atoms with E-state index in [0.29, 0.717) is 19.7 Å². The molecule has 1 rings (SSSR count). The molecule has 0 aromatic rings. The summed E-state index contributed by atoms with van der Waals surface area (Å²) in [5.41, 5.74) is 10.7. The molecule has 1 atom stereocenters. The van der Waals surface area contributed by atoms with Crippen molar-refractivity contribution in [2.75, 3.05) is 46.4 Å². The second-order valence-corrected chi connectivity index (χ2v) is 4.79. The maximum absolute atomic E-state index is 12.1. The van der Waals surface area contributed by atoms with Gasteiger partial charge in [0, 0.05) is 33.3 Å². The SMILES string of the molecule is COCCN1CCCN(C(=O)C(N)CC(N)=O)CC1. The summed E-state index contributed by atoms with van der Waals surface area (Å²) >= 11 is 0. The molecule has 0 bridgehead atoms. The second kappa shape index (κ2) is 8.08. The lowest BCUT2D eigenvalue weighted by Gasteiger charge is -2.24. The Morgan fingerprint density at radius 1 is 1.26 bits per heavy atom. The van der Waals surface area contributed by atoms with E-state index in [1.807, 2.05) is 0 Å². The third-order valence-electron chi connectivity index (χ3n) is 3.25. The van der Waals surface area contributed by atoms with Gasteiger partial charge in [-0.3, -0.25) is 14.5 Å². The molecule has 2 amide bonds. The first-order valence-corrected chi connectivity index (χ1v) is 6.58. The van der Waals surface area contributed by atoms with Crippen molar-refractivity contribution < 1.29 is 14.3 Å². The average molecular weight is 272 g/mol. The zero-order chi connectivity index (χ0) is 14.3. The summed E-state index contributed by atoms with van der Waals surface area (Å²) in [4.78, 5) is 26.8. The van der Waals surface area contributed by atoms with Gasteiger partial charge in [-0.1, -0.05) is 0 Å². The van der Waals surface area contributed by atoms with Crippen molar-refractivity contribution in [2.24, 2.45) is 11.5 Å². The fraction of sp³-hybridized carbons (Fsp3) is 0.833. The first-order valence-electron chi connectivity index (χ1n) is 6.58. The van der Waals surface area contributed by atoms with Gasteiger partial charge in [0.25, 0.3) is 0 Å². The van der Waals surface area contributed by atoms with E-state index < -0.39 is 11.9 Å². The molecule has 1 unspecified atom stereocenters. The number of nitrogens with zero attached hydrogens (tertiary/aromatic N) is 2. The minimum Gasteiger partial charge on any atom is -0.383 e. The van der Waals surface area contributed by atoms with Crippen LogP contribution in [0, 0.1) is 0 Å². The molecular formula is C12H24N4O3. The molecule has 4 N–H and O–H groups in total. The number of ether oxygens (including phenoxy) is 1. The van der Waals surface area contributed by atoms with Crippen LogP contribution in [-0.2, 0) is 14.3 Å². The highest BCUT2D eigenvalue weighted by Gasteiger charge is 2.24. The van der Waals surface area contributed by atoms with Crippen molar-refractivity contribution in [1.82, 2.24) is 9.80 Å². The van der Waals surface area contributed by atoms with Crippen LogP contribution in [0.2, 0.25) is 0 Å². The number of primary amides is 1. The highest BCUT2D eigenvalue weighted by atomic mass is 16.5. The monoisotopic (exact) mass is 272 g/mol. The highest BCUT2D eigenvalue weighted by molar-refractivity contribution is 5.87. The van der Waals surface area contributed by atoms with Crippen molar-refractivity contribution in [3.63, 3.8) is 0 Å². The quantitative estimate of drug-likeness (QED) is 0.604. The summed E-state index contributed by atoms with van der Waals surface area (Å²) in [6.07, 6.45) is 0.807. The number of hydrogen-bond acceptors (Lipinski definition) is 5. The smallest absolute Gasteiger partial charge is 0.240 e. The second-order valence-electron chi connectivity index (χ2n) is 4.79. The molecule has 7 heteroatoms. The third-order valence-corrected chi connectivity index (χ3v) is 3.25. The summed E-state index contributed by atoms with van der Waals surface area (Å²) in [5.74, 6) is -0.732. The number of methoxy groups -OCH3 is 1. The molecule has 1 aliphatic rings. The number of rotatable bonds is 6. The van der Waals surface area contributed by atoms with E-state index in [1.54, 1.807) is 12.0 Å². The third kappa shape index (κ3) is 5.54. The zero-order valence-corrected chi connectivity index (χ0v) is 11.5. The molecule has 1 aliphatic heterocycles. The van der Waals surface area contributed by atoms with Crippen LogP contribution in [0.1, 0.15) is 12.8 Å². The Hall–Kier alpha value is -1.18. The first-order chi connectivity index (χ1) is 9.04. The lowest BCUT2D eigenvalue weighted by molar-refractivity contribution is -0.134. The van der Waals surface area contributed by atoms with E-state index in [0.717, 1.165) is 26.1 Å². The van der Waals surface area contributed by atoms with Crippen molar-refractivity contribution in [3.05, 3.63) is 0 Å². The van der Waals surface area contributed by atoms with Gasteiger partial charge in [0.2, 0.25) is 11.8 Å². The molecule has 0 aliphatic carbocycles. The van der Waals surface area contributed by atoms with Gasteiger partial charge in [-0.2, -0.15) is 0 Å². The van der Waals surface area contributed by atoms with Crippen LogP contribution in [0.5, 0.6) is 0 Å². The average Bonchev–Trinajstić information content (AvgIpc) is 2.60. The predicted octanol–water partition coefficient (Wildman–Crippen LogP) is -1.63. The standard InChI is InChI=1S/C12H24N4O3/c1-19-8-7-15-3-2-4-16(6-5-15)12(18)10(13)9-11(14)17/h10H,2-9,13H2,1H3,(H2,14,17). The maximum atomic E-state index is 12.1. The zero-order valence-electron chi connectivity index (χ0n) is 11.5. The molecule has 1 fully saturated rings. The van der Waals surface area contributed by atoms with Gasteiger partial charge < -0.3 is 21.1 Å². The Bertz CT molecular complexity index is 311. The Morgan fingerprint density at radius 3 is 2.63 bits per heavy atom. The summed E-state index contributed by atoms with van der Waals surface area (Å²) in [5, 5.41) is 0. The number of hydrogen-bond donors (Lipinski definition) is 2. The predicted molar refractivity (Wildman–Crippen MR) is 71.3 cm³/mol.